The lowest BCUT2D eigenvalue weighted by molar-refractivity contribution is -0.384. The van der Waals surface area contributed by atoms with Gasteiger partial charge in [-0.25, -0.2) is 4.98 Å². The van der Waals surface area contributed by atoms with Gasteiger partial charge in [0.25, 0.3) is 5.69 Å². The average molecular weight is 318 g/mol. The summed E-state index contributed by atoms with van der Waals surface area (Å²) < 4.78 is 1.96. The first kappa shape index (κ1) is 15.4. The minimum atomic E-state index is -0.454. The second-order valence-corrected chi connectivity index (χ2v) is 5.19. The molecule has 0 aliphatic carbocycles. The number of aromatic nitrogens is 2. The van der Waals surface area contributed by atoms with Crippen LogP contribution in [0, 0.1) is 21.4 Å². The number of nitro groups is 1. The molecule has 0 N–H and O–H groups in total. The number of rotatable bonds is 4. The van der Waals surface area contributed by atoms with E-state index >= 15 is 0 Å². The summed E-state index contributed by atoms with van der Waals surface area (Å²) in [6, 6.07) is 16.0. The van der Waals surface area contributed by atoms with Gasteiger partial charge in [-0.2, -0.15) is 5.26 Å². The lowest BCUT2D eigenvalue weighted by Crippen LogP contribution is -2.00. The summed E-state index contributed by atoms with van der Waals surface area (Å²) in [5.41, 5.74) is 2.72. The maximum absolute atomic E-state index is 10.9. The molecule has 118 valence electrons. The zero-order chi connectivity index (χ0) is 17.1. The molecule has 0 amide bonds. The molecule has 6 nitrogen and oxygen atoms in total. The van der Waals surface area contributed by atoms with E-state index in [1.54, 1.807) is 18.2 Å². The third-order valence-electron chi connectivity index (χ3n) is 3.72. The van der Waals surface area contributed by atoms with Gasteiger partial charge in [-0.05, 0) is 30.7 Å². The third-order valence-corrected chi connectivity index (χ3v) is 3.72. The fourth-order valence-electron chi connectivity index (χ4n) is 2.64. The lowest BCUT2D eigenvalue weighted by atomic mass is 10.1. The Morgan fingerprint density at radius 3 is 2.83 bits per heavy atom. The van der Waals surface area contributed by atoms with Gasteiger partial charge in [0, 0.05) is 18.7 Å². The summed E-state index contributed by atoms with van der Waals surface area (Å²) in [4.78, 5) is 15.0. The second-order valence-electron chi connectivity index (χ2n) is 5.19. The molecule has 1 heterocycles. The molecule has 24 heavy (non-hydrogen) atoms. The molecule has 0 aliphatic rings. The number of aryl methyl sites for hydroxylation is 1. The van der Waals surface area contributed by atoms with E-state index < -0.39 is 4.92 Å². The van der Waals surface area contributed by atoms with Crippen molar-refractivity contribution < 1.29 is 4.92 Å². The second kappa shape index (κ2) is 6.34. The topological polar surface area (TPSA) is 84.8 Å². The van der Waals surface area contributed by atoms with Crippen LogP contribution in [0.15, 0.2) is 48.5 Å². The highest BCUT2D eigenvalue weighted by Gasteiger charge is 2.14. The van der Waals surface area contributed by atoms with Gasteiger partial charge in [-0.3, -0.25) is 10.1 Å². The number of para-hydroxylation sites is 2. The molecule has 2 aromatic carbocycles. The predicted octanol–water partition coefficient (Wildman–Crippen LogP) is 4.03. The SMILES string of the molecule is CCn1c(/C(C#N)=C/c2cccc([N+](=O)[O-])c2)nc2ccccc21. The van der Waals surface area contributed by atoms with Crippen molar-refractivity contribution in [3.05, 3.63) is 70.0 Å². The molecule has 0 bridgehead atoms. The molecule has 0 unspecified atom stereocenters. The van der Waals surface area contributed by atoms with Crippen LogP contribution in [0.3, 0.4) is 0 Å². The normalized spacial score (nSPS) is 11.4. The number of hydrogen-bond acceptors (Lipinski definition) is 4. The molecule has 0 saturated carbocycles. The number of fused-ring (bicyclic) bond motifs is 1. The fourth-order valence-corrected chi connectivity index (χ4v) is 2.64. The summed E-state index contributed by atoms with van der Waals surface area (Å²) in [5, 5.41) is 20.5. The standard InChI is InChI=1S/C18H14N4O2/c1-2-21-17-9-4-3-8-16(17)20-18(21)14(12-19)10-13-6-5-7-15(11-13)22(23)24/h3-11H,2H2,1H3/b14-10+. The van der Waals surface area contributed by atoms with Crippen LogP contribution in [-0.4, -0.2) is 14.5 Å². The highest BCUT2D eigenvalue weighted by atomic mass is 16.6. The van der Waals surface area contributed by atoms with Gasteiger partial charge < -0.3 is 4.57 Å². The maximum Gasteiger partial charge on any atom is 0.270 e. The molecule has 0 atom stereocenters. The summed E-state index contributed by atoms with van der Waals surface area (Å²) in [6.07, 6.45) is 1.63. The number of nitriles is 1. The molecule has 0 saturated heterocycles. The number of non-ortho nitro benzene ring substituents is 1. The van der Waals surface area contributed by atoms with Crippen molar-refractivity contribution in [2.24, 2.45) is 0 Å². The van der Waals surface area contributed by atoms with Gasteiger partial charge in [0.15, 0.2) is 5.82 Å². The molecule has 1 aromatic heterocycles. The van der Waals surface area contributed by atoms with Gasteiger partial charge in [0.1, 0.15) is 6.07 Å². The van der Waals surface area contributed by atoms with Crippen LogP contribution in [0.5, 0.6) is 0 Å². The Labute approximate surface area is 138 Å². The van der Waals surface area contributed by atoms with Gasteiger partial charge in [0.05, 0.1) is 21.5 Å². The molecular formula is C18H14N4O2. The molecule has 0 spiro atoms. The molecule has 3 rings (SSSR count). The van der Waals surface area contributed by atoms with E-state index in [2.05, 4.69) is 11.1 Å². The molecule has 3 aromatic rings. The van der Waals surface area contributed by atoms with Crippen LogP contribution in [0.2, 0.25) is 0 Å². The summed E-state index contributed by atoms with van der Waals surface area (Å²) >= 11 is 0. The van der Waals surface area contributed by atoms with Crippen molar-refractivity contribution in [1.29, 1.82) is 5.26 Å². The number of benzene rings is 2. The molecule has 0 radical (unpaired) electrons. The minimum Gasteiger partial charge on any atom is -0.324 e. The Bertz CT molecular complexity index is 996. The highest BCUT2D eigenvalue weighted by molar-refractivity contribution is 5.91. The quantitative estimate of drug-likeness (QED) is 0.413. The van der Waals surface area contributed by atoms with Crippen LogP contribution < -0.4 is 0 Å². The molecular weight excluding hydrogens is 304 g/mol. The first-order valence-electron chi connectivity index (χ1n) is 7.46. The van der Waals surface area contributed by atoms with Crippen molar-refractivity contribution >= 4 is 28.4 Å². The van der Waals surface area contributed by atoms with Gasteiger partial charge >= 0.3 is 0 Å². The third kappa shape index (κ3) is 2.75. The zero-order valence-corrected chi connectivity index (χ0v) is 13.0. The van der Waals surface area contributed by atoms with Crippen molar-refractivity contribution in [1.82, 2.24) is 9.55 Å². The smallest absolute Gasteiger partial charge is 0.270 e. The molecule has 0 fully saturated rings. The van der Waals surface area contributed by atoms with Crippen molar-refractivity contribution in [2.45, 2.75) is 13.5 Å². The Kier molecular flexibility index (Phi) is 4.08. The van der Waals surface area contributed by atoms with Crippen LogP contribution >= 0.6 is 0 Å². The average Bonchev–Trinajstić information content (AvgIpc) is 2.98. The number of hydrogen-bond donors (Lipinski definition) is 0. The van der Waals surface area contributed by atoms with E-state index in [1.807, 2.05) is 35.8 Å². The van der Waals surface area contributed by atoms with Crippen molar-refractivity contribution in [2.75, 3.05) is 0 Å². The van der Waals surface area contributed by atoms with E-state index in [-0.39, 0.29) is 5.69 Å². The Morgan fingerprint density at radius 1 is 1.33 bits per heavy atom. The van der Waals surface area contributed by atoms with E-state index in [0.717, 1.165) is 11.0 Å². The number of nitro benzene ring substituents is 1. The van der Waals surface area contributed by atoms with Crippen LogP contribution in [0.1, 0.15) is 18.3 Å². The fraction of sp³-hybridized carbons (Fsp3) is 0.111. The van der Waals surface area contributed by atoms with E-state index in [9.17, 15) is 15.4 Å². The van der Waals surface area contributed by atoms with Crippen molar-refractivity contribution in [3.8, 4) is 6.07 Å². The van der Waals surface area contributed by atoms with Gasteiger partial charge in [-0.1, -0.05) is 24.3 Å². The number of allylic oxidation sites excluding steroid dienone is 1. The number of imidazole rings is 1. The highest BCUT2D eigenvalue weighted by Crippen LogP contribution is 2.24. The minimum absolute atomic E-state index is 0.00923. The van der Waals surface area contributed by atoms with Crippen molar-refractivity contribution in [3.63, 3.8) is 0 Å². The van der Waals surface area contributed by atoms with Crippen LogP contribution in [0.4, 0.5) is 5.69 Å². The summed E-state index contributed by atoms with van der Waals surface area (Å²) in [7, 11) is 0. The summed E-state index contributed by atoms with van der Waals surface area (Å²) in [5.74, 6) is 0.563. The molecule has 6 heteroatoms. The zero-order valence-electron chi connectivity index (χ0n) is 13.0. The first-order valence-corrected chi connectivity index (χ1v) is 7.46. The van der Waals surface area contributed by atoms with Gasteiger partial charge in [0.2, 0.25) is 0 Å². The van der Waals surface area contributed by atoms with Gasteiger partial charge in [-0.15, -0.1) is 0 Å². The van der Waals surface area contributed by atoms with E-state index in [0.29, 0.717) is 23.5 Å². The van der Waals surface area contributed by atoms with Crippen LogP contribution in [0.25, 0.3) is 22.7 Å². The Morgan fingerprint density at radius 2 is 2.12 bits per heavy atom. The predicted molar refractivity (Wildman–Crippen MR) is 92.0 cm³/mol. The first-order chi connectivity index (χ1) is 11.6. The van der Waals surface area contributed by atoms with E-state index in [4.69, 9.17) is 0 Å². The summed E-state index contributed by atoms with van der Waals surface area (Å²) in [6.45, 7) is 2.66. The monoisotopic (exact) mass is 318 g/mol. The maximum atomic E-state index is 10.9. The molecule has 0 aliphatic heterocycles. The number of nitrogens with zero attached hydrogens (tertiary/aromatic N) is 4. The lowest BCUT2D eigenvalue weighted by Gasteiger charge is -2.05. The van der Waals surface area contributed by atoms with E-state index in [1.165, 1.54) is 12.1 Å². The van der Waals surface area contributed by atoms with Crippen LogP contribution in [-0.2, 0) is 6.54 Å². The Balaban J connectivity index is 2.14. The largest absolute Gasteiger partial charge is 0.324 e. The Hall–Kier alpha value is -3.46.